The zero-order chi connectivity index (χ0) is 22.0. The molecule has 0 saturated carbocycles. The van der Waals surface area contributed by atoms with Gasteiger partial charge in [-0.3, -0.25) is 18.9 Å². The molecule has 0 aliphatic carbocycles. The Balaban J connectivity index is 1.73. The molecule has 0 atom stereocenters. The maximum absolute atomic E-state index is 12.6. The van der Waals surface area contributed by atoms with Crippen LogP contribution in [0.1, 0.15) is 11.1 Å². The van der Waals surface area contributed by atoms with Gasteiger partial charge in [-0.05, 0) is 47.5 Å². The number of rotatable bonds is 6. The van der Waals surface area contributed by atoms with Crippen molar-refractivity contribution in [1.82, 2.24) is 19.1 Å². The number of methoxy groups -OCH3 is 1. The predicted octanol–water partition coefficient (Wildman–Crippen LogP) is 2.58. The van der Waals surface area contributed by atoms with Crippen molar-refractivity contribution in [2.24, 2.45) is 12.1 Å². The minimum absolute atomic E-state index is 0.255. The fraction of sp³-hybridized carbons (Fsp3) is 0.143. The molecular weight excluding hydrogens is 420 g/mol. The molecule has 0 amide bonds. The van der Waals surface area contributed by atoms with E-state index in [4.69, 9.17) is 16.3 Å². The Hall–Kier alpha value is -3.85. The summed E-state index contributed by atoms with van der Waals surface area (Å²) in [6.45, 7) is 0.329. The van der Waals surface area contributed by atoms with Crippen molar-refractivity contribution in [2.75, 3.05) is 12.5 Å². The Morgan fingerprint density at radius 2 is 1.87 bits per heavy atom. The van der Waals surface area contributed by atoms with Crippen LogP contribution < -0.4 is 21.4 Å². The van der Waals surface area contributed by atoms with Crippen LogP contribution in [0.2, 0.25) is 5.02 Å². The molecular formula is C21H19ClN6O3. The summed E-state index contributed by atoms with van der Waals surface area (Å²) in [5, 5.41) is 4.85. The number of fused-ring (bicyclic) bond motifs is 1. The summed E-state index contributed by atoms with van der Waals surface area (Å²) in [6.07, 6.45) is 1.62. The average Bonchev–Trinajstić information content (AvgIpc) is 3.13. The number of aromatic amines is 1. The molecule has 0 aliphatic heterocycles. The first-order valence-electron chi connectivity index (χ1n) is 9.33. The number of nitrogens with zero attached hydrogens (tertiary/aromatic N) is 4. The van der Waals surface area contributed by atoms with Gasteiger partial charge in [-0.1, -0.05) is 23.7 Å². The van der Waals surface area contributed by atoms with Gasteiger partial charge in [-0.2, -0.15) is 10.1 Å². The predicted molar refractivity (Wildman–Crippen MR) is 120 cm³/mol. The second-order valence-corrected chi connectivity index (χ2v) is 7.22. The number of aryl methyl sites for hydroxylation is 1. The first-order chi connectivity index (χ1) is 15.0. The first kappa shape index (κ1) is 20.4. The maximum Gasteiger partial charge on any atom is 0.329 e. The summed E-state index contributed by atoms with van der Waals surface area (Å²) >= 11 is 5.98. The molecule has 4 rings (SSSR count). The number of halogens is 1. The van der Waals surface area contributed by atoms with E-state index in [2.05, 4.69) is 20.5 Å². The summed E-state index contributed by atoms with van der Waals surface area (Å²) in [5.74, 6) is 1.07. The van der Waals surface area contributed by atoms with Crippen LogP contribution in [0.4, 0.5) is 5.95 Å². The van der Waals surface area contributed by atoms with E-state index in [1.165, 1.54) is 4.57 Å². The lowest BCUT2D eigenvalue weighted by Crippen LogP contribution is -2.29. The van der Waals surface area contributed by atoms with E-state index in [1.807, 2.05) is 36.4 Å². The third-order valence-electron chi connectivity index (χ3n) is 4.75. The van der Waals surface area contributed by atoms with E-state index in [1.54, 1.807) is 37.1 Å². The molecule has 9 nitrogen and oxygen atoms in total. The number of benzene rings is 2. The summed E-state index contributed by atoms with van der Waals surface area (Å²) in [4.78, 5) is 31.3. The second-order valence-electron chi connectivity index (χ2n) is 6.78. The fourth-order valence-electron chi connectivity index (χ4n) is 3.10. The summed E-state index contributed by atoms with van der Waals surface area (Å²) < 4.78 is 8.10. The molecule has 0 aliphatic rings. The Morgan fingerprint density at radius 3 is 2.55 bits per heavy atom. The number of aromatic nitrogens is 4. The third-order valence-corrected chi connectivity index (χ3v) is 5.01. The number of imidazole rings is 1. The van der Waals surface area contributed by atoms with Crippen LogP contribution in [0.25, 0.3) is 11.2 Å². The third kappa shape index (κ3) is 4.22. The largest absolute Gasteiger partial charge is 0.497 e. The Labute approximate surface area is 181 Å². The lowest BCUT2D eigenvalue weighted by molar-refractivity contribution is 0.415. The van der Waals surface area contributed by atoms with E-state index in [0.29, 0.717) is 17.5 Å². The van der Waals surface area contributed by atoms with E-state index < -0.39 is 11.2 Å². The van der Waals surface area contributed by atoms with Crippen molar-refractivity contribution in [3.05, 3.63) is 85.5 Å². The Bertz CT molecular complexity index is 1370. The van der Waals surface area contributed by atoms with Crippen LogP contribution in [0.3, 0.4) is 0 Å². The number of H-pyrrole nitrogens is 1. The van der Waals surface area contributed by atoms with Crippen LogP contribution >= 0.6 is 11.6 Å². The van der Waals surface area contributed by atoms with Crippen LogP contribution in [-0.4, -0.2) is 32.4 Å². The van der Waals surface area contributed by atoms with Crippen molar-refractivity contribution in [1.29, 1.82) is 0 Å². The molecule has 2 N–H and O–H groups in total. The van der Waals surface area contributed by atoms with Crippen LogP contribution in [0, 0.1) is 0 Å². The SMILES string of the molecule is COc1ccc(/C=N\Nc2nc3c(c(=O)[nH]c(=O)n3C)n2Cc2ccc(Cl)cc2)cc1. The first-order valence-corrected chi connectivity index (χ1v) is 9.71. The van der Waals surface area contributed by atoms with Crippen LogP contribution in [0.5, 0.6) is 5.75 Å². The molecule has 0 radical (unpaired) electrons. The molecule has 0 fully saturated rings. The van der Waals surface area contributed by atoms with Crippen molar-refractivity contribution < 1.29 is 4.74 Å². The quantitative estimate of drug-likeness (QED) is 0.355. The van der Waals surface area contributed by atoms with Gasteiger partial charge in [0.25, 0.3) is 5.56 Å². The highest BCUT2D eigenvalue weighted by molar-refractivity contribution is 6.30. The molecule has 0 saturated heterocycles. The van der Waals surface area contributed by atoms with E-state index in [-0.39, 0.29) is 11.2 Å². The highest BCUT2D eigenvalue weighted by atomic mass is 35.5. The van der Waals surface area contributed by atoms with Gasteiger partial charge in [0.15, 0.2) is 11.2 Å². The second kappa shape index (κ2) is 8.49. The van der Waals surface area contributed by atoms with Crippen molar-refractivity contribution in [2.45, 2.75) is 6.54 Å². The summed E-state index contributed by atoms with van der Waals surface area (Å²) in [5.41, 5.74) is 4.09. The zero-order valence-corrected chi connectivity index (χ0v) is 17.6. The van der Waals surface area contributed by atoms with E-state index in [9.17, 15) is 9.59 Å². The Kier molecular flexibility index (Phi) is 5.59. The normalized spacial score (nSPS) is 11.3. The minimum Gasteiger partial charge on any atom is -0.497 e. The van der Waals surface area contributed by atoms with Crippen LogP contribution in [-0.2, 0) is 13.6 Å². The summed E-state index contributed by atoms with van der Waals surface area (Å²) in [6, 6.07) is 14.6. The van der Waals surface area contributed by atoms with Gasteiger partial charge in [-0.25, -0.2) is 10.2 Å². The standard InChI is InChI=1S/C21H19ClN6O3/c1-27-18-17(19(29)25-21(27)30)28(12-14-3-7-15(22)8-4-14)20(24-18)26-23-11-13-5-9-16(31-2)10-6-13/h3-11H,12H2,1-2H3,(H,24,26)(H,25,29,30)/b23-11-. The molecule has 0 spiro atoms. The molecule has 10 heteroatoms. The fourth-order valence-corrected chi connectivity index (χ4v) is 3.23. The summed E-state index contributed by atoms with van der Waals surface area (Å²) in [7, 11) is 3.15. The number of nitrogens with one attached hydrogen (secondary N) is 2. The molecule has 31 heavy (non-hydrogen) atoms. The van der Waals surface area contributed by atoms with Crippen molar-refractivity contribution in [3.8, 4) is 5.75 Å². The molecule has 158 valence electrons. The van der Waals surface area contributed by atoms with Gasteiger partial charge in [0, 0.05) is 12.1 Å². The number of ether oxygens (including phenoxy) is 1. The van der Waals surface area contributed by atoms with Gasteiger partial charge in [0.05, 0.1) is 19.9 Å². The topological polar surface area (TPSA) is 106 Å². The number of anilines is 1. The van der Waals surface area contributed by atoms with Crippen molar-refractivity contribution in [3.63, 3.8) is 0 Å². The Morgan fingerprint density at radius 1 is 1.16 bits per heavy atom. The lowest BCUT2D eigenvalue weighted by Gasteiger charge is -2.08. The zero-order valence-electron chi connectivity index (χ0n) is 16.8. The highest BCUT2D eigenvalue weighted by Gasteiger charge is 2.17. The molecule has 2 aromatic heterocycles. The van der Waals surface area contributed by atoms with E-state index in [0.717, 1.165) is 16.9 Å². The van der Waals surface area contributed by atoms with Crippen LogP contribution in [0.15, 0.2) is 63.2 Å². The van der Waals surface area contributed by atoms with Gasteiger partial charge in [0.2, 0.25) is 5.95 Å². The average molecular weight is 439 g/mol. The van der Waals surface area contributed by atoms with Gasteiger partial charge < -0.3 is 4.74 Å². The molecule has 2 aromatic carbocycles. The maximum atomic E-state index is 12.6. The van der Waals surface area contributed by atoms with Gasteiger partial charge >= 0.3 is 5.69 Å². The number of hydrogen-bond donors (Lipinski definition) is 2. The molecule has 2 heterocycles. The minimum atomic E-state index is -0.540. The molecule has 0 bridgehead atoms. The number of hydrogen-bond acceptors (Lipinski definition) is 6. The smallest absolute Gasteiger partial charge is 0.329 e. The van der Waals surface area contributed by atoms with Crippen molar-refractivity contribution >= 4 is 34.9 Å². The van der Waals surface area contributed by atoms with Gasteiger partial charge in [-0.15, -0.1) is 0 Å². The highest BCUT2D eigenvalue weighted by Crippen LogP contribution is 2.19. The van der Waals surface area contributed by atoms with E-state index >= 15 is 0 Å². The molecule has 4 aromatic rings. The molecule has 0 unspecified atom stereocenters. The lowest BCUT2D eigenvalue weighted by atomic mass is 10.2. The van der Waals surface area contributed by atoms with Gasteiger partial charge in [0.1, 0.15) is 5.75 Å². The monoisotopic (exact) mass is 438 g/mol. The number of hydrazone groups is 1.